The summed E-state index contributed by atoms with van der Waals surface area (Å²) in [5.74, 6) is -1.67. The van der Waals surface area contributed by atoms with Gasteiger partial charge in [0.2, 0.25) is 6.29 Å². The van der Waals surface area contributed by atoms with Crippen molar-refractivity contribution in [3.63, 3.8) is 0 Å². The molecule has 2 fully saturated rings. The first-order valence-electron chi connectivity index (χ1n) is 10.1. The van der Waals surface area contributed by atoms with E-state index in [0.717, 1.165) is 12.8 Å². The molecule has 1 heterocycles. The number of hydrogen-bond donors (Lipinski definition) is 2. The zero-order valence-corrected chi connectivity index (χ0v) is 17.4. The maximum absolute atomic E-state index is 12.6. The summed E-state index contributed by atoms with van der Waals surface area (Å²) in [4.78, 5) is 25.0. The lowest BCUT2D eigenvalue weighted by Gasteiger charge is -2.59. The van der Waals surface area contributed by atoms with Crippen molar-refractivity contribution in [2.75, 3.05) is 0 Å². The molecule has 0 amide bonds. The summed E-state index contributed by atoms with van der Waals surface area (Å²) in [5.41, 5.74) is -3.05. The van der Waals surface area contributed by atoms with Crippen molar-refractivity contribution >= 4 is 11.9 Å². The first-order chi connectivity index (χ1) is 13.6. The monoisotopic (exact) mass is 402 g/mol. The van der Waals surface area contributed by atoms with Gasteiger partial charge in [0, 0.05) is 23.0 Å². The summed E-state index contributed by atoms with van der Waals surface area (Å²) in [6.07, 6.45) is 11.7. The predicted octanol–water partition coefficient (Wildman–Crippen LogP) is 2.97. The average Bonchev–Trinajstić information content (AvgIpc) is 2.85. The van der Waals surface area contributed by atoms with Gasteiger partial charge in [0.15, 0.2) is 5.60 Å². The van der Waals surface area contributed by atoms with Gasteiger partial charge in [-0.15, -0.1) is 0 Å². The van der Waals surface area contributed by atoms with Crippen LogP contribution in [0.3, 0.4) is 0 Å². The topological polar surface area (TPSA) is 93.1 Å². The van der Waals surface area contributed by atoms with Gasteiger partial charge in [-0.25, -0.2) is 9.59 Å². The lowest BCUT2D eigenvalue weighted by atomic mass is 9.46. The molecule has 5 atom stereocenters. The highest BCUT2D eigenvalue weighted by molar-refractivity contribution is 5.89. The van der Waals surface area contributed by atoms with Crippen LogP contribution < -0.4 is 0 Å². The van der Waals surface area contributed by atoms with E-state index in [-0.39, 0.29) is 16.9 Å². The summed E-state index contributed by atoms with van der Waals surface area (Å²) in [6.45, 7) is 7.85. The van der Waals surface area contributed by atoms with E-state index in [1.807, 2.05) is 26.0 Å². The lowest BCUT2D eigenvalue weighted by Crippen LogP contribution is -2.65. The molecule has 0 radical (unpaired) electrons. The standard InChI is InChI=1S/C23H30O6/c1-5-6-7-8-9-11-17(24)28-16-14-15-19(25)29-20(26)23(15,27)22(4)13-10-12-21(2,3)18(16)22/h5-9,11,14,16,18-19,25,27H,10,12-13H2,1-4H3/b6-5+,8-7+,11-9+/t16-,18+,19+,22+,23+/m1/s1. The van der Waals surface area contributed by atoms with Crippen LogP contribution >= 0.6 is 0 Å². The van der Waals surface area contributed by atoms with Crippen LogP contribution in [0.25, 0.3) is 0 Å². The maximum atomic E-state index is 12.6. The van der Waals surface area contributed by atoms with Crippen LogP contribution in [0.1, 0.15) is 47.0 Å². The van der Waals surface area contributed by atoms with Crippen LogP contribution in [-0.2, 0) is 19.1 Å². The number of rotatable bonds is 4. The van der Waals surface area contributed by atoms with E-state index in [2.05, 4.69) is 13.8 Å². The van der Waals surface area contributed by atoms with Gasteiger partial charge in [-0.05, 0) is 31.3 Å². The first-order valence-corrected chi connectivity index (χ1v) is 10.1. The number of aliphatic hydroxyl groups excluding tert-OH is 1. The second-order valence-corrected chi connectivity index (χ2v) is 9.00. The first kappa shape index (κ1) is 21.5. The number of cyclic esters (lactones) is 1. The summed E-state index contributed by atoms with van der Waals surface area (Å²) in [6, 6.07) is 0. The largest absolute Gasteiger partial charge is 0.455 e. The number of fused-ring (bicyclic) bond motifs is 3. The van der Waals surface area contributed by atoms with Gasteiger partial charge in [-0.2, -0.15) is 0 Å². The molecule has 2 N–H and O–H groups in total. The Hall–Kier alpha value is -2.18. The van der Waals surface area contributed by atoms with Gasteiger partial charge in [0.1, 0.15) is 6.10 Å². The Morgan fingerprint density at radius 3 is 2.59 bits per heavy atom. The molecule has 1 saturated heterocycles. The second kappa shape index (κ2) is 7.58. The molecule has 0 aromatic carbocycles. The zero-order chi connectivity index (χ0) is 21.4. The number of allylic oxidation sites excluding steroid dienone is 5. The fourth-order valence-corrected chi connectivity index (χ4v) is 5.53. The molecule has 0 bridgehead atoms. The Labute approximate surface area is 171 Å². The van der Waals surface area contributed by atoms with E-state index in [9.17, 15) is 19.8 Å². The van der Waals surface area contributed by atoms with Crippen molar-refractivity contribution in [2.24, 2.45) is 16.7 Å². The molecule has 0 spiro atoms. The SMILES string of the molecule is C/C=C/C=C/C=C/C(=O)O[C@@H]1C=C2[C@@H](O)OC(=O)[C@]2(O)[C@@]2(C)CCCC(C)(C)[C@H]12. The predicted molar refractivity (Wildman–Crippen MR) is 107 cm³/mol. The molecule has 1 aliphatic heterocycles. The van der Waals surface area contributed by atoms with E-state index < -0.39 is 35.3 Å². The third-order valence-corrected chi connectivity index (χ3v) is 6.75. The summed E-state index contributed by atoms with van der Waals surface area (Å²) >= 11 is 0. The molecule has 6 heteroatoms. The van der Waals surface area contributed by atoms with E-state index in [1.165, 1.54) is 12.2 Å². The Morgan fingerprint density at radius 1 is 1.21 bits per heavy atom. The lowest BCUT2D eigenvalue weighted by molar-refractivity contribution is -0.195. The fraction of sp³-hybridized carbons (Fsp3) is 0.565. The molecule has 6 nitrogen and oxygen atoms in total. The fourth-order valence-electron chi connectivity index (χ4n) is 5.53. The highest BCUT2D eigenvalue weighted by Crippen LogP contribution is 2.63. The number of aliphatic hydroxyl groups is 2. The average molecular weight is 402 g/mol. The summed E-state index contributed by atoms with van der Waals surface area (Å²) in [7, 11) is 0. The Bertz CT molecular complexity index is 804. The van der Waals surface area contributed by atoms with Gasteiger partial charge in [-0.3, -0.25) is 0 Å². The molecule has 0 aromatic heterocycles. The quantitative estimate of drug-likeness (QED) is 0.325. The van der Waals surface area contributed by atoms with Gasteiger partial charge in [0.05, 0.1) is 0 Å². The molecular weight excluding hydrogens is 372 g/mol. The van der Waals surface area contributed by atoms with Gasteiger partial charge in [0.25, 0.3) is 0 Å². The molecule has 3 aliphatic rings. The van der Waals surface area contributed by atoms with Crippen molar-refractivity contribution in [2.45, 2.75) is 65.0 Å². The number of carbonyl (C=O) groups excluding carboxylic acids is 2. The van der Waals surface area contributed by atoms with Crippen molar-refractivity contribution in [3.05, 3.63) is 48.1 Å². The Kier molecular flexibility index (Phi) is 5.62. The number of hydrogen-bond acceptors (Lipinski definition) is 6. The van der Waals surface area contributed by atoms with Crippen LogP contribution in [0, 0.1) is 16.7 Å². The van der Waals surface area contributed by atoms with Gasteiger partial charge < -0.3 is 19.7 Å². The van der Waals surface area contributed by atoms with E-state index in [4.69, 9.17) is 9.47 Å². The summed E-state index contributed by atoms with van der Waals surface area (Å²) < 4.78 is 10.7. The zero-order valence-electron chi connectivity index (χ0n) is 17.4. The highest BCUT2D eigenvalue weighted by atomic mass is 16.7. The molecule has 158 valence electrons. The maximum Gasteiger partial charge on any atom is 0.345 e. The van der Waals surface area contributed by atoms with E-state index in [1.54, 1.807) is 18.2 Å². The minimum atomic E-state index is -1.91. The van der Waals surface area contributed by atoms with E-state index >= 15 is 0 Å². The molecule has 29 heavy (non-hydrogen) atoms. The minimum Gasteiger partial charge on any atom is -0.455 e. The van der Waals surface area contributed by atoms with Crippen molar-refractivity contribution in [1.82, 2.24) is 0 Å². The molecule has 1 saturated carbocycles. The Morgan fingerprint density at radius 2 is 1.90 bits per heavy atom. The van der Waals surface area contributed by atoms with Crippen molar-refractivity contribution < 1.29 is 29.3 Å². The van der Waals surface area contributed by atoms with Crippen LogP contribution in [0.2, 0.25) is 0 Å². The van der Waals surface area contributed by atoms with Crippen LogP contribution in [0.5, 0.6) is 0 Å². The van der Waals surface area contributed by atoms with Crippen LogP contribution in [-0.4, -0.2) is 40.1 Å². The molecular formula is C23H30O6. The van der Waals surface area contributed by atoms with Gasteiger partial charge >= 0.3 is 11.9 Å². The van der Waals surface area contributed by atoms with Crippen molar-refractivity contribution in [3.8, 4) is 0 Å². The summed E-state index contributed by atoms with van der Waals surface area (Å²) in [5, 5.41) is 21.7. The number of carbonyl (C=O) groups is 2. The molecule has 3 rings (SSSR count). The van der Waals surface area contributed by atoms with Gasteiger partial charge in [-0.1, -0.05) is 57.6 Å². The Balaban J connectivity index is 1.98. The minimum absolute atomic E-state index is 0.0775. The third-order valence-electron chi connectivity index (χ3n) is 6.75. The number of esters is 2. The third kappa shape index (κ3) is 3.38. The second-order valence-electron chi connectivity index (χ2n) is 9.00. The molecule has 2 aliphatic carbocycles. The molecule has 0 unspecified atom stereocenters. The van der Waals surface area contributed by atoms with Crippen molar-refractivity contribution in [1.29, 1.82) is 0 Å². The van der Waals surface area contributed by atoms with Crippen LogP contribution in [0.15, 0.2) is 48.1 Å². The highest BCUT2D eigenvalue weighted by Gasteiger charge is 2.71. The smallest absolute Gasteiger partial charge is 0.345 e. The normalized spacial score (nSPS) is 38.8. The van der Waals surface area contributed by atoms with Crippen LogP contribution in [0.4, 0.5) is 0 Å². The number of ether oxygens (including phenoxy) is 2. The van der Waals surface area contributed by atoms with E-state index in [0.29, 0.717) is 6.42 Å². The molecule has 0 aromatic rings.